The van der Waals surface area contributed by atoms with Crippen molar-refractivity contribution in [3.05, 3.63) is 35.4 Å². The molecule has 1 aromatic rings. The van der Waals surface area contributed by atoms with Crippen LogP contribution in [0.2, 0.25) is 0 Å². The van der Waals surface area contributed by atoms with Gasteiger partial charge in [0.25, 0.3) is 0 Å². The molecule has 16 heavy (non-hydrogen) atoms. The molecular weight excluding hydrogens is 198 g/mol. The van der Waals surface area contributed by atoms with Gasteiger partial charge in [-0.05, 0) is 24.3 Å². The number of hydrogen-bond donors (Lipinski definition) is 1. The summed E-state index contributed by atoms with van der Waals surface area (Å²) in [6.07, 6.45) is 3.94. The zero-order chi connectivity index (χ0) is 11.5. The van der Waals surface area contributed by atoms with Crippen molar-refractivity contribution >= 4 is 5.78 Å². The Hall–Kier alpha value is -1.15. The third kappa shape index (κ3) is 2.17. The third-order valence-electron chi connectivity index (χ3n) is 3.57. The second-order valence-corrected chi connectivity index (χ2v) is 4.75. The summed E-state index contributed by atoms with van der Waals surface area (Å²) in [7, 11) is 0. The molecule has 2 N–H and O–H groups in total. The minimum atomic E-state index is -0.0745. The van der Waals surface area contributed by atoms with E-state index in [1.165, 1.54) is 24.8 Å². The molecule has 1 unspecified atom stereocenters. The van der Waals surface area contributed by atoms with E-state index in [1.807, 2.05) is 19.1 Å². The molecule has 1 aromatic carbocycles. The van der Waals surface area contributed by atoms with Crippen molar-refractivity contribution in [2.45, 2.75) is 32.1 Å². The van der Waals surface area contributed by atoms with Crippen molar-refractivity contribution in [1.29, 1.82) is 0 Å². The number of carbonyl (C=O) groups excluding carboxylic acids is 1. The Morgan fingerprint density at radius 1 is 1.38 bits per heavy atom. The summed E-state index contributed by atoms with van der Waals surface area (Å²) in [5.41, 5.74) is 7.67. The number of ketones is 1. The first kappa shape index (κ1) is 11.3. The van der Waals surface area contributed by atoms with Gasteiger partial charge in [0.15, 0.2) is 5.78 Å². The summed E-state index contributed by atoms with van der Waals surface area (Å²) in [4.78, 5) is 11.9. The minimum absolute atomic E-state index is 0.0745. The van der Waals surface area contributed by atoms with Crippen LogP contribution >= 0.6 is 0 Å². The van der Waals surface area contributed by atoms with E-state index < -0.39 is 0 Å². The van der Waals surface area contributed by atoms with E-state index in [1.54, 1.807) is 0 Å². The molecule has 1 saturated carbocycles. The lowest BCUT2D eigenvalue weighted by Crippen LogP contribution is -2.20. The van der Waals surface area contributed by atoms with Crippen molar-refractivity contribution in [3.8, 4) is 0 Å². The van der Waals surface area contributed by atoms with Crippen LogP contribution in [0.3, 0.4) is 0 Å². The van der Waals surface area contributed by atoms with Gasteiger partial charge in [0.1, 0.15) is 0 Å². The van der Waals surface area contributed by atoms with Gasteiger partial charge in [0.2, 0.25) is 0 Å². The molecule has 1 fully saturated rings. The maximum atomic E-state index is 11.9. The average Bonchev–Trinajstić information content (AvgIpc) is 2.26. The molecule has 1 aliphatic carbocycles. The van der Waals surface area contributed by atoms with Gasteiger partial charge >= 0.3 is 0 Å². The minimum Gasteiger partial charge on any atom is -0.330 e. The van der Waals surface area contributed by atoms with Gasteiger partial charge in [-0.25, -0.2) is 0 Å². The quantitative estimate of drug-likeness (QED) is 0.788. The van der Waals surface area contributed by atoms with Crippen LogP contribution in [0.25, 0.3) is 0 Å². The summed E-state index contributed by atoms with van der Waals surface area (Å²) in [6, 6.07) is 8.09. The van der Waals surface area contributed by atoms with Crippen molar-refractivity contribution in [1.82, 2.24) is 0 Å². The van der Waals surface area contributed by atoms with Crippen LogP contribution in [0.15, 0.2) is 24.3 Å². The molecule has 0 saturated heterocycles. The van der Waals surface area contributed by atoms with E-state index in [4.69, 9.17) is 5.73 Å². The highest BCUT2D eigenvalue weighted by molar-refractivity contribution is 5.97. The normalized spacial score (nSPS) is 17.9. The second-order valence-electron chi connectivity index (χ2n) is 4.75. The Labute approximate surface area is 96.8 Å². The highest BCUT2D eigenvalue weighted by Crippen LogP contribution is 2.36. The molecule has 1 aliphatic rings. The molecule has 1 atom stereocenters. The van der Waals surface area contributed by atoms with E-state index >= 15 is 0 Å². The molecule has 0 radical (unpaired) electrons. The van der Waals surface area contributed by atoms with Crippen LogP contribution in [0.5, 0.6) is 0 Å². The largest absolute Gasteiger partial charge is 0.330 e. The number of carbonyl (C=O) groups is 1. The van der Waals surface area contributed by atoms with Crippen LogP contribution in [0.4, 0.5) is 0 Å². The van der Waals surface area contributed by atoms with Gasteiger partial charge in [-0.1, -0.05) is 37.6 Å². The topological polar surface area (TPSA) is 43.1 Å². The lowest BCUT2D eigenvalue weighted by molar-refractivity contribution is 0.0934. The molecule has 2 heteroatoms. The lowest BCUT2D eigenvalue weighted by Gasteiger charge is -2.25. The van der Waals surface area contributed by atoms with Crippen molar-refractivity contribution in [3.63, 3.8) is 0 Å². The Balaban J connectivity index is 2.09. The standard InChI is InChI=1S/C14H19NO/c1-10(9-15)14(16)13-7-5-12(6-8-13)11-3-2-4-11/h5-8,10-11H,2-4,9,15H2,1H3. The van der Waals surface area contributed by atoms with Gasteiger partial charge in [-0.15, -0.1) is 0 Å². The Kier molecular flexibility index (Phi) is 3.39. The summed E-state index contributed by atoms with van der Waals surface area (Å²) in [5.74, 6) is 0.813. The molecule has 86 valence electrons. The summed E-state index contributed by atoms with van der Waals surface area (Å²) in [5, 5.41) is 0. The fourth-order valence-electron chi connectivity index (χ4n) is 2.05. The van der Waals surface area contributed by atoms with E-state index in [2.05, 4.69) is 12.1 Å². The Morgan fingerprint density at radius 2 is 2.00 bits per heavy atom. The number of hydrogen-bond acceptors (Lipinski definition) is 2. The van der Waals surface area contributed by atoms with Crippen molar-refractivity contribution in [2.24, 2.45) is 11.7 Å². The molecule has 0 aliphatic heterocycles. The van der Waals surface area contributed by atoms with Crippen LogP contribution in [0.1, 0.15) is 48.0 Å². The third-order valence-corrected chi connectivity index (χ3v) is 3.57. The van der Waals surface area contributed by atoms with Crippen LogP contribution < -0.4 is 5.73 Å². The lowest BCUT2D eigenvalue weighted by atomic mass is 9.80. The Morgan fingerprint density at radius 3 is 2.44 bits per heavy atom. The highest BCUT2D eigenvalue weighted by Gasteiger charge is 2.20. The van der Waals surface area contributed by atoms with Gasteiger partial charge in [-0.2, -0.15) is 0 Å². The average molecular weight is 217 g/mol. The number of Topliss-reactive ketones (excluding diaryl/α,β-unsaturated/α-hetero) is 1. The van der Waals surface area contributed by atoms with Crippen LogP contribution in [-0.2, 0) is 0 Å². The monoisotopic (exact) mass is 217 g/mol. The molecule has 0 heterocycles. The maximum absolute atomic E-state index is 11.9. The predicted molar refractivity (Wildman–Crippen MR) is 65.6 cm³/mol. The van der Waals surface area contributed by atoms with E-state index in [0.29, 0.717) is 6.54 Å². The highest BCUT2D eigenvalue weighted by atomic mass is 16.1. The summed E-state index contributed by atoms with van der Waals surface area (Å²) < 4.78 is 0. The maximum Gasteiger partial charge on any atom is 0.166 e. The molecule has 0 spiro atoms. The Bertz CT molecular complexity index is 365. The van der Waals surface area contributed by atoms with Crippen molar-refractivity contribution < 1.29 is 4.79 Å². The zero-order valence-corrected chi connectivity index (χ0v) is 9.78. The van der Waals surface area contributed by atoms with E-state index in [0.717, 1.165) is 11.5 Å². The smallest absolute Gasteiger partial charge is 0.166 e. The van der Waals surface area contributed by atoms with Gasteiger partial charge < -0.3 is 5.73 Å². The zero-order valence-electron chi connectivity index (χ0n) is 9.78. The van der Waals surface area contributed by atoms with Crippen molar-refractivity contribution in [2.75, 3.05) is 6.54 Å². The molecule has 0 aromatic heterocycles. The summed E-state index contributed by atoms with van der Waals surface area (Å²) >= 11 is 0. The fraction of sp³-hybridized carbons (Fsp3) is 0.500. The molecular formula is C14H19NO. The predicted octanol–water partition coefficient (Wildman–Crippen LogP) is 2.73. The molecule has 2 nitrogen and oxygen atoms in total. The van der Waals surface area contributed by atoms with Gasteiger partial charge in [-0.3, -0.25) is 4.79 Å². The second kappa shape index (κ2) is 4.79. The number of benzene rings is 1. The summed E-state index contributed by atoms with van der Waals surface area (Å²) in [6.45, 7) is 2.30. The first-order chi connectivity index (χ1) is 7.72. The first-order valence-electron chi connectivity index (χ1n) is 6.06. The SMILES string of the molecule is CC(CN)C(=O)c1ccc(C2CCC2)cc1. The number of nitrogens with two attached hydrogens (primary N) is 1. The van der Waals surface area contributed by atoms with Gasteiger partial charge in [0.05, 0.1) is 0 Å². The first-order valence-corrected chi connectivity index (χ1v) is 6.06. The number of rotatable bonds is 4. The van der Waals surface area contributed by atoms with Gasteiger partial charge in [0, 0.05) is 18.0 Å². The van der Waals surface area contributed by atoms with E-state index in [-0.39, 0.29) is 11.7 Å². The molecule has 0 amide bonds. The fourth-order valence-corrected chi connectivity index (χ4v) is 2.05. The molecule has 2 rings (SSSR count). The van der Waals surface area contributed by atoms with Crippen LogP contribution in [-0.4, -0.2) is 12.3 Å². The van der Waals surface area contributed by atoms with Crippen LogP contribution in [0, 0.1) is 5.92 Å². The molecule has 0 bridgehead atoms. The van der Waals surface area contributed by atoms with E-state index in [9.17, 15) is 4.79 Å².